The highest BCUT2D eigenvalue weighted by Gasteiger charge is 2.67. The lowest BCUT2D eigenvalue weighted by Crippen LogP contribution is -2.64. The van der Waals surface area contributed by atoms with Crippen LogP contribution in [0.3, 0.4) is 0 Å². The van der Waals surface area contributed by atoms with E-state index in [4.69, 9.17) is 4.74 Å². The second-order valence-corrected chi connectivity index (χ2v) is 13.0. The first-order valence-electron chi connectivity index (χ1n) is 11.0. The zero-order chi connectivity index (χ0) is 26.5. The SMILES string of the molecule is CCNC(=O)N[C@@H]1CC[C@@]2(S(=O)(=O)c3ccc(C(F)(F)F)cc3)c3c(F)ccc(F)c3OC[C@@]2(I)C1. The first-order chi connectivity index (χ1) is 16.8. The minimum absolute atomic E-state index is 0.0277. The van der Waals surface area contributed by atoms with Gasteiger partial charge in [0.25, 0.3) is 0 Å². The number of amides is 2. The van der Waals surface area contributed by atoms with Crippen molar-refractivity contribution in [3.63, 3.8) is 0 Å². The van der Waals surface area contributed by atoms with Crippen LogP contribution in [0.4, 0.5) is 26.7 Å². The third-order valence-corrected chi connectivity index (χ3v) is 11.3. The molecule has 1 saturated carbocycles. The first kappa shape index (κ1) is 26.9. The van der Waals surface area contributed by atoms with Crippen molar-refractivity contribution < 1.29 is 39.9 Å². The minimum Gasteiger partial charge on any atom is -0.489 e. The van der Waals surface area contributed by atoms with Gasteiger partial charge in [-0.2, -0.15) is 13.2 Å². The maximum absolute atomic E-state index is 15.4. The van der Waals surface area contributed by atoms with E-state index in [2.05, 4.69) is 10.6 Å². The molecule has 36 heavy (non-hydrogen) atoms. The van der Waals surface area contributed by atoms with Crippen molar-refractivity contribution >= 4 is 38.5 Å². The minimum atomic E-state index is -4.68. The molecule has 2 aromatic carbocycles. The molecule has 2 aliphatic rings. The van der Waals surface area contributed by atoms with Crippen LogP contribution in [0, 0.1) is 11.6 Å². The zero-order valence-corrected chi connectivity index (χ0v) is 21.9. The molecule has 2 N–H and O–H groups in total. The van der Waals surface area contributed by atoms with Crippen molar-refractivity contribution in [3.8, 4) is 5.75 Å². The maximum atomic E-state index is 15.4. The number of nitrogens with one attached hydrogen (secondary N) is 2. The van der Waals surface area contributed by atoms with Crippen LogP contribution in [-0.4, -0.2) is 37.1 Å². The Morgan fingerprint density at radius 1 is 1.14 bits per heavy atom. The highest BCUT2D eigenvalue weighted by molar-refractivity contribution is 14.1. The molecular weight excluding hydrogens is 622 g/mol. The monoisotopic (exact) mass is 644 g/mol. The van der Waals surface area contributed by atoms with Crippen molar-refractivity contribution in [3.05, 3.63) is 59.2 Å². The Hall–Kier alpha value is -2.16. The van der Waals surface area contributed by atoms with Crippen LogP contribution in [0.25, 0.3) is 0 Å². The van der Waals surface area contributed by atoms with Gasteiger partial charge < -0.3 is 15.4 Å². The molecule has 2 amide bonds. The Morgan fingerprint density at radius 2 is 1.78 bits per heavy atom. The number of halogens is 6. The van der Waals surface area contributed by atoms with Crippen molar-refractivity contribution in [2.75, 3.05) is 13.2 Å². The van der Waals surface area contributed by atoms with Gasteiger partial charge in [-0.3, -0.25) is 0 Å². The average molecular weight is 644 g/mol. The van der Waals surface area contributed by atoms with Crippen LogP contribution in [0.5, 0.6) is 5.75 Å². The highest BCUT2D eigenvalue weighted by Crippen LogP contribution is 2.61. The lowest BCUT2D eigenvalue weighted by atomic mass is 9.71. The van der Waals surface area contributed by atoms with E-state index >= 15 is 4.39 Å². The second-order valence-electron chi connectivity index (χ2n) is 8.78. The molecule has 0 unspecified atom stereocenters. The Balaban J connectivity index is 1.89. The maximum Gasteiger partial charge on any atom is 0.416 e. The number of carbonyl (C=O) groups is 1. The number of urea groups is 1. The number of fused-ring (bicyclic) bond motifs is 3. The summed E-state index contributed by atoms with van der Waals surface area (Å²) in [6.07, 6.45) is -4.79. The fourth-order valence-electron chi connectivity index (χ4n) is 5.07. The van der Waals surface area contributed by atoms with E-state index in [1.165, 1.54) is 0 Å². The number of hydrogen-bond acceptors (Lipinski definition) is 4. The van der Waals surface area contributed by atoms with Gasteiger partial charge in [-0.15, -0.1) is 0 Å². The average Bonchev–Trinajstić information content (AvgIpc) is 2.80. The van der Waals surface area contributed by atoms with Crippen molar-refractivity contribution in [2.45, 2.75) is 51.5 Å². The predicted octanol–water partition coefficient (Wildman–Crippen LogP) is 5.09. The molecule has 0 radical (unpaired) electrons. The largest absolute Gasteiger partial charge is 0.489 e. The number of benzene rings is 2. The molecule has 0 spiro atoms. The van der Waals surface area contributed by atoms with Gasteiger partial charge in [0.15, 0.2) is 21.4 Å². The third kappa shape index (κ3) is 4.21. The Bertz CT molecular complexity index is 1290. The first-order valence-corrected chi connectivity index (χ1v) is 13.6. The van der Waals surface area contributed by atoms with Crippen LogP contribution < -0.4 is 15.4 Å². The summed E-state index contributed by atoms with van der Waals surface area (Å²) in [4.78, 5) is 11.7. The van der Waals surface area contributed by atoms with Crippen LogP contribution in [0.15, 0.2) is 41.3 Å². The molecule has 4 rings (SSSR count). The molecule has 2 aromatic rings. The molecule has 3 atom stereocenters. The van der Waals surface area contributed by atoms with Crippen molar-refractivity contribution in [1.29, 1.82) is 0 Å². The Kier molecular flexibility index (Phi) is 6.94. The standard InChI is InChI=1S/C23H22F5IN2O4S/c1-2-30-20(32)31-14-9-10-22(36(33,34)15-5-3-13(4-6-15)23(26,27)28)18-16(24)7-8-17(25)19(18)35-12-21(22,29)11-14/h3-8,14H,2,9-12H2,1H3,(H2,30,31,32)/t14-,21+,22-/m1/s1. The molecule has 0 aromatic heterocycles. The number of alkyl halides is 4. The van der Waals surface area contributed by atoms with E-state index in [-0.39, 0.29) is 25.9 Å². The number of sulfone groups is 1. The van der Waals surface area contributed by atoms with E-state index < -0.39 is 69.7 Å². The van der Waals surface area contributed by atoms with Gasteiger partial charge >= 0.3 is 12.2 Å². The van der Waals surface area contributed by atoms with E-state index in [1.807, 2.05) is 22.6 Å². The van der Waals surface area contributed by atoms with Crippen LogP contribution in [0.1, 0.15) is 37.3 Å². The topological polar surface area (TPSA) is 84.5 Å². The fourth-order valence-corrected chi connectivity index (χ4v) is 9.54. The summed E-state index contributed by atoms with van der Waals surface area (Å²) in [5.74, 6) is -2.49. The lowest BCUT2D eigenvalue weighted by molar-refractivity contribution is -0.137. The van der Waals surface area contributed by atoms with Gasteiger partial charge in [-0.05, 0) is 62.6 Å². The van der Waals surface area contributed by atoms with Crippen molar-refractivity contribution in [2.24, 2.45) is 0 Å². The number of hydrogen-bond donors (Lipinski definition) is 2. The highest BCUT2D eigenvalue weighted by atomic mass is 127. The lowest BCUT2D eigenvalue weighted by Gasteiger charge is -2.54. The summed E-state index contributed by atoms with van der Waals surface area (Å²) in [7, 11) is -4.61. The summed E-state index contributed by atoms with van der Waals surface area (Å²) in [6.45, 7) is 1.76. The van der Waals surface area contributed by atoms with Crippen LogP contribution >= 0.6 is 22.6 Å². The van der Waals surface area contributed by atoms with E-state index in [1.54, 1.807) is 6.92 Å². The molecule has 6 nitrogen and oxygen atoms in total. The molecule has 0 saturated heterocycles. The van der Waals surface area contributed by atoms with Crippen LogP contribution in [0.2, 0.25) is 0 Å². The van der Waals surface area contributed by atoms with E-state index in [0.717, 1.165) is 24.3 Å². The van der Waals surface area contributed by atoms with Gasteiger partial charge in [0, 0.05) is 12.6 Å². The smallest absolute Gasteiger partial charge is 0.416 e. The molecular formula is C23H22F5IN2O4S. The van der Waals surface area contributed by atoms with Gasteiger partial charge in [-0.25, -0.2) is 22.0 Å². The van der Waals surface area contributed by atoms with Crippen LogP contribution in [-0.2, 0) is 20.8 Å². The number of carbonyl (C=O) groups excluding carboxylic acids is 1. The molecule has 13 heteroatoms. The van der Waals surface area contributed by atoms with Crippen molar-refractivity contribution in [1.82, 2.24) is 10.6 Å². The molecule has 0 bridgehead atoms. The normalized spacial score (nSPS) is 25.8. The van der Waals surface area contributed by atoms with E-state index in [0.29, 0.717) is 18.7 Å². The molecule has 196 valence electrons. The molecule has 1 heterocycles. The summed E-state index contributed by atoms with van der Waals surface area (Å²) >= 11 is 1.86. The zero-order valence-electron chi connectivity index (χ0n) is 18.9. The van der Waals surface area contributed by atoms with Gasteiger partial charge in [0.05, 0.1) is 19.4 Å². The summed E-state index contributed by atoms with van der Waals surface area (Å²) < 4.78 is 100.0. The Labute approximate surface area is 218 Å². The van der Waals surface area contributed by atoms with E-state index in [9.17, 15) is 30.8 Å². The quantitative estimate of drug-likeness (QED) is 0.276. The molecule has 1 aliphatic heterocycles. The summed E-state index contributed by atoms with van der Waals surface area (Å²) in [5, 5.41) is 5.35. The summed E-state index contributed by atoms with van der Waals surface area (Å²) in [6, 6.07) is 3.61. The number of ether oxygens (including phenoxy) is 1. The van der Waals surface area contributed by atoms with Gasteiger partial charge in [0.2, 0.25) is 0 Å². The summed E-state index contributed by atoms with van der Waals surface area (Å²) in [5.41, 5.74) is -1.53. The molecule has 1 aliphatic carbocycles. The van der Waals surface area contributed by atoms with Gasteiger partial charge in [0.1, 0.15) is 17.2 Å². The Morgan fingerprint density at radius 3 is 2.39 bits per heavy atom. The second kappa shape index (κ2) is 9.30. The fraction of sp³-hybridized carbons (Fsp3) is 0.435. The third-order valence-electron chi connectivity index (χ3n) is 6.67. The molecule has 1 fully saturated rings. The predicted molar refractivity (Wildman–Crippen MR) is 129 cm³/mol. The number of rotatable bonds is 4. The van der Waals surface area contributed by atoms with Gasteiger partial charge in [-0.1, -0.05) is 22.6 Å².